The molecule has 1 unspecified atom stereocenters. The van der Waals surface area contributed by atoms with Crippen molar-refractivity contribution in [2.45, 2.75) is 44.3 Å². The molecule has 1 atom stereocenters. The molecule has 20 heavy (non-hydrogen) atoms. The van der Waals surface area contributed by atoms with Crippen molar-refractivity contribution in [2.75, 3.05) is 13.2 Å². The molecular weight excluding hydrogens is 267 g/mol. The van der Waals surface area contributed by atoms with Gasteiger partial charge in [-0.25, -0.2) is 0 Å². The van der Waals surface area contributed by atoms with Crippen LogP contribution in [0.15, 0.2) is 30.3 Å². The first-order chi connectivity index (χ1) is 9.53. The van der Waals surface area contributed by atoms with Crippen LogP contribution in [0.25, 0.3) is 0 Å². The molecular formula is C15H22F3NO. The lowest BCUT2D eigenvalue weighted by atomic mass is 10.0. The Bertz CT molecular complexity index is 354. The van der Waals surface area contributed by atoms with E-state index in [0.29, 0.717) is 12.1 Å². The van der Waals surface area contributed by atoms with Crippen LogP contribution < -0.4 is 5.32 Å². The smallest absolute Gasteiger partial charge is 0.390 e. The molecule has 1 rings (SSSR count). The van der Waals surface area contributed by atoms with E-state index in [1.165, 1.54) is 0 Å². The fourth-order valence-corrected chi connectivity index (χ4v) is 2.09. The first-order valence-electron chi connectivity index (χ1n) is 6.99. The van der Waals surface area contributed by atoms with Gasteiger partial charge in [-0.15, -0.1) is 0 Å². The highest BCUT2D eigenvalue weighted by atomic mass is 19.4. The molecule has 0 saturated heterocycles. The summed E-state index contributed by atoms with van der Waals surface area (Å²) >= 11 is 0. The highest BCUT2D eigenvalue weighted by molar-refractivity contribution is 5.19. The zero-order chi connectivity index (χ0) is 14.8. The third-order valence-electron chi connectivity index (χ3n) is 3.11. The molecule has 0 aliphatic carbocycles. The van der Waals surface area contributed by atoms with Crippen LogP contribution in [-0.2, 0) is 0 Å². The molecule has 0 fully saturated rings. The summed E-state index contributed by atoms with van der Waals surface area (Å²) in [6.45, 7) is 0.731. The van der Waals surface area contributed by atoms with Gasteiger partial charge in [0.2, 0.25) is 0 Å². The highest BCUT2D eigenvalue weighted by Crippen LogP contribution is 2.29. The summed E-state index contributed by atoms with van der Waals surface area (Å²) in [4.78, 5) is 0. The lowest BCUT2D eigenvalue weighted by Crippen LogP contribution is -2.27. The summed E-state index contributed by atoms with van der Waals surface area (Å²) in [5.41, 5.74) is 0.667. The molecule has 0 aromatic heterocycles. The van der Waals surface area contributed by atoms with Gasteiger partial charge in [0, 0.05) is 12.6 Å². The van der Waals surface area contributed by atoms with E-state index >= 15 is 0 Å². The number of rotatable bonds is 9. The van der Waals surface area contributed by atoms with E-state index in [2.05, 4.69) is 5.32 Å². The number of benzene rings is 1. The van der Waals surface area contributed by atoms with Gasteiger partial charge in [0.1, 0.15) is 0 Å². The topological polar surface area (TPSA) is 32.3 Å². The van der Waals surface area contributed by atoms with Crippen LogP contribution in [0.1, 0.15) is 43.7 Å². The summed E-state index contributed by atoms with van der Waals surface area (Å²) in [5, 5.41) is 11.6. The van der Waals surface area contributed by atoms with Crippen molar-refractivity contribution in [2.24, 2.45) is 0 Å². The standard InChI is InChI=1S/C15H22F3NO/c16-15(17,18)12-14(13-8-4-3-5-9-13)19-10-6-1-2-7-11-20/h3-5,8-9,14,19-20H,1-2,6-7,10-12H2. The molecule has 0 aliphatic heterocycles. The summed E-state index contributed by atoms with van der Waals surface area (Å²) in [7, 11) is 0. The minimum absolute atomic E-state index is 0.175. The van der Waals surface area contributed by atoms with Crippen LogP contribution in [-0.4, -0.2) is 24.4 Å². The molecule has 0 amide bonds. The number of hydrogen-bond acceptors (Lipinski definition) is 2. The van der Waals surface area contributed by atoms with Crippen LogP contribution in [0.3, 0.4) is 0 Å². The van der Waals surface area contributed by atoms with Gasteiger partial charge < -0.3 is 10.4 Å². The average molecular weight is 289 g/mol. The van der Waals surface area contributed by atoms with Crippen molar-refractivity contribution in [1.29, 1.82) is 0 Å². The molecule has 0 spiro atoms. The van der Waals surface area contributed by atoms with Crippen LogP contribution in [0.2, 0.25) is 0 Å². The Morgan fingerprint density at radius 2 is 1.65 bits per heavy atom. The average Bonchev–Trinajstić information content (AvgIpc) is 2.41. The fraction of sp³-hybridized carbons (Fsp3) is 0.600. The number of hydrogen-bond donors (Lipinski definition) is 2. The molecule has 0 radical (unpaired) electrons. The second-order valence-electron chi connectivity index (χ2n) is 4.87. The highest BCUT2D eigenvalue weighted by Gasteiger charge is 2.32. The molecule has 114 valence electrons. The van der Waals surface area contributed by atoms with Gasteiger partial charge in [-0.1, -0.05) is 43.2 Å². The maximum atomic E-state index is 12.6. The van der Waals surface area contributed by atoms with Crippen molar-refractivity contribution >= 4 is 0 Å². The van der Waals surface area contributed by atoms with Gasteiger partial charge in [0.15, 0.2) is 0 Å². The number of aliphatic hydroxyl groups excluding tert-OH is 1. The van der Waals surface area contributed by atoms with Gasteiger partial charge in [-0.3, -0.25) is 0 Å². The van der Waals surface area contributed by atoms with E-state index in [0.717, 1.165) is 25.7 Å². The van der Waals surface area contributed by atoms with E-state index in [4.69, 9.17) is 5.11 Å². The minimum Gasteiger partial charge on any atom is -0.396 e. The SMILES string of the molecule is OCCCCCCNC(CC(F)(F)F)c1ccccc1. The van der Waals surface area contributed by atoms with Crippen LogP contribution in [0, 0.1) is 0 Å². The second-order valence-corrected chi connectivity index (χ2v) is 4.87. The maximum Gasteiger partial charge on any atom is 0.390 e. The number of nitrogens with one attached hydrogen (secondary N) is 1. The predicted molar refractivity (Wildman–Crippen MR) is 73.4 cm³/mol. The summed E-state index contributed by atoms with van der Waals surface area (Å²) in [6.07, 6.45) is -1.63. The third-order valence-corrected chi connectivity index (χ3v) is 3.11. The number of aliphatic hydroxyl groups is 1. The lowest BCUT2D eigenvalue weighted by molar-refractivity contribution is -0.140. The van der Waals surface area contributed by atoms with Gasteiger partial charge in [0.05, 0.1) is 6.42 Å². The van der Waals surface area contributed by atoms with Crippen LogP contribution >= 0.6 is 0 Å². The van der Waals surface area contributed by atoms with Gasteiger partial charge >= 0.3 is 6.18 Å². The van der Waals surface area contributed by atoms with Crippen molar-refractivity contribution in [3.8, 4) is 0 Å². The van der Waals surface area contributed by atoms with Gasteiger partial charge in [-0.2, -0.15) is 13.2 Å². The lowest BCUT2D eigenvalue weighted by Gasteiger charge is -2.20. The van der Waals surface area contributed by atoms with Crippen molar-refractivity contribution in [3.63, 3.8) is 0 Å². The zero-order valence-electron chi connectivity index (χ0n) is 11.5. The Kier molecular flexibility index (Phi) is 7.62. The van der Waals surface area contributed by atoms with E-state index in [9.17, 15) is 13.2 Å². The Labute approximate surface area is 118 Å². The molecule has 1 aromatic rings. The maximum absolute atomic E-state index is 12.6. The number of alkyl halides is 3. The van der Waals surface area contributed by atoms with Crippen molar-refractivity contribution < 1.29 is 18.3 Å². The normalized spacial score (nSPS) is 13.4. The zero-order valence-corrected chi connectivity index (χ0v) is 11.5. The van der Waals surface area contributed by atoms with E-state index < -0.39 is 18.6 Å². The molecule has 2 N–H and O–H groups in total. The summed E-state index contributed by atoms with van der Waals surface area (Å²) in [6, 6.07) is 8.05. The Hall–Kier alpha value is -1.07. The van der Waals surface area contributed by atoms with Gasteiger partial charge in [0.25, 0.3) is 0 Å². The minimum atomic E-state index is -4.18. The third kappa shape index (κ3) is 7.50. The molecule has 5 heteroatoms. The number of halogens is 3. The number of unbranched alkanes of at least 4 members (excludes halogenated alkanes) is 3. The second kappa shape index (κ2) is 8.97. The molecule has 0 aliphatic rings. The predicted octanol–water partition coefficient (Wildman–Crippen LogP) is 3.82. The monoisotopic (exact) mass is 289 g/mol. The molecule has 0 bridgehead atoms. The first-order valence-corrected chi connectivity index (χ1v) is 6.99. The molecule has 0 heterocycles. The Morgan fingerprint density at radius 3 is 2.25 bits per heavy atom. The van der Waals surface area contributed by atoms with E-state index in [1.54, 1.807) is 30.3 Å². The molecule has 0 saturated carbocycles. The van der Waals surface area contributed by atoms with Gasteiger partial charge in [-0.05, 0) is 24.9 Å². The largest absolute Gasteiger partial charge is 0.396 e. The summed E-state index contributed by atoms with van der Waals surface area (Å²) < 4.78 is 37.8. The molecule has 2 nitrogen and oxygen atoms in total. The van der Waals surface area contributed by atoms with Crippen molar-refractivity contribution in [3.05, 3.63) is 35.9 Å². The van der Waals surface area contributed by atoms with Crippen LogP contribution in [0.4, 0.5) is 13.2 Å². The van der Waals surface area contributed by atoms with E-state index in [1.807, 2.05) is 0 Å². The summed E-state index contributed by atoms with van der Waals surface area (Å²) in [5.74, 6) is 0. The quantitative estimate of drug-likeness (QED) is 0.677. The molecule has 1 aromatic carbocycles. The van der Waals surface area contributed by atoms with Crippen LogP contribution in [0.5, 0.6) is 0 Å². The fourth-order valence-electron chi connectivity index (χ4n) is 2.09. The Balaban J connectivity index is 2.43. The van der Waals surface area contributed by atoms with Crippen molar-refractivity contribution in [1.82, 2.24) is 5.32 Å². The first kappa shape index (κ1) is 17.0. The Morgan fingerprint density at radius 1 is 1.00 bits per heavy atom. The van der Waals surface area contributed by atoms with E-state index in [-0.39, 0.29) is 6.61 Å².